The summed E-state index contributed by atoms with van der Waals surface area (Å²) in [5.74, 6) is 2.93. The molecule has 0 aromatic heterocycles. The number of nitrogens with one attached hydrogen (secondary N) is 2. The number of imide groups is 1. The Labute approximate surface area is 418 Å². The van der Waals surface area contributed by atoms with Crippen molar-refractivity contribution < 1.29 is 43.6 Å². The van der Waals surface area contributed by atoms with Crippen LogP contribution in [0, 0.1) is 17.8 Å². The Hall–Kier alpha value is -7.80. The van der Waals surface area contributed by atoms with Crippen molar-refractivity contribution >= 4 is 40.9 Å². The molecule has 366 valence electrons. The Kier molecular flexibility index (Phi) is 13.9. The van der Waals surface area contributed by atoms with E-state index in [1.54, 1.807) is 54.6 Å². The highest BCUT2D eigenvalue weighted by Gasteiger charge is 2.75. The van der Waals surface area contributed by atoms with Gasteiger partial charge in [0.2, 0.25) is 11.8 Å². The number of ether oxygens (including phenoxy) is 3. The van der Waals surface area contributed by atoms with Gasteiger partial charge in [0.1, 0.15) is 29.9 Å². The van der Waals surface area contributed by atoms with Gasteiger partial charge in [-0.2, -0.15) is 0 Å². The number of aliphatic hydroxyl groups is 2. The Morgan fingerprint density at radius 3 is 2.11 bits per heavy atom. The van der Waals surface area contributed by atoms with Gasteiger partial charge < -0.3 is 40.0 Å². The fourth-order valence-corrected chi connectivity index (χ4v) is 11.0. The minimum absolute atomic E-state index is 0.0364. The number of aliphatic hydroxyl groups excluding tert-OH is 2. The van der Waals surface area contributed by atoms with E-state index >= 15 is 19.2 Å². The molecule has 0 aliphatic carbocycles. The van der Waals surface area contributed by atoms with Crippen LogP contribution in [0.3, 0.4) is 0 Å². The van der Waals surface area contributed by atoms with E-state index in [4.69, 9.17) is 14.2 Å². The van der Waals surface area contributed by atoms with Crippen LogP contribution < -0.4 is 25.2 Å². The van der Waals surface area contributed by atoms with E-state index in [-0.39, 0.29) is 31.9 Å². The molecule has 4 aliphatic heterocycles. The molecule has 4 aliphatic rings. The molecule has 4 heterocycles. The number of benzene rings is 6. The molecule has 0 bridgehead atoms. The van der Waals surface area contributed by atoms with Gasteiger partial charge in [-0.3, -0.25) is 19.3 Å². The fraction of sp³-hybridized carbons (Fsp3) is 0.276. The molecule has 14 heteroatoms. The molecule has 6 aromatic rings. The lowest BCUT2D eigenvalue weighted by molar-refractivity contribution is -0.177. The molecular weight excluding hydrogens is 911 g/mol. The Morgan fingerprint density at radius 1 is 0.778 bits per heavy atom. The summed E-state index contributed by atoms with van der Waals surface area (Å²) in [6, 6.07) is 43.3. The van der Waals surface area contributed by atoms with E-state index in [9.17, 15) is 10.2 Å². The number of esters is 1. The number of carbonyl (C=O) groups is 4. The lowest BCUT2D eigenvalue weighted by Crippen LogP contribution is -2.55. The van der Waals surface area contributed by atoms with Crippen LogP contribution in [0.4, 0.5) is 21.9 Å². The third kappa shape index (κ3) is 8.86. The van der Waals surface area contributed by atoms with Crippen molar-refractivity contribution in [2.24, 2.45) is 5.92 Å². The summed E-state index contributed by atoms with van der Waals surface area (Å²) in [6.07, 6.45) is -0.742. The second-order valence-electron chi connectivity index (χ2n) is 18.3. The highest BCUT2D eigenvalue weighted by molar-refractivity contribution is 6.25. The Bertz CT molecular complexity index is 2980. The van der Waals surface area contributed by atoms with E-state index in [1.165, 1.54) is 0 Å². The molecule has 0 radical (unpaired) electrons. The number of urea groups is 1. The molecule has 3 saturated heterocycles. The van der Waals surface area contributed by atoms with Gasteiger partial charge in [0.05, 0.1) is 56.2 Å². The Morgan fingerprint density at radius 2 is 1.44 bits per heavy atom. The smallest absolute Gasteiger partial charge is 0.329 e. The number of anilines is 3. The molecule has 0 saturated carbocycles. The molecule has 4 amide bonds. The van der Waals surface area contributed by atoms with Gasteiger partial charge in [0.15, 0.2) is 0 Å². The van der Waals surface area contributed by atoms with Crippen molar-refractivity contribution in [3.8, 4) is 17.6 Å². The van der Waals surface area contributed by atoms with Crippen LogP contribution in [0.25, 0.3) is 0 Å². The molecular formula is C58H55N5O9. The molecule has 7 atom stereocenters. The third-order valence-electron chi connectivity index (χ3n) is 14.1. The normalized spacial score (nSPS) is 22.8. The van der Waals surface area contributed by atoms with Gasteiger partial charge in [-0.25, -0.2) is 9.69 Å². The van der Waals surface area contributed by atoms with Crippen molar-refractivity contribution in [3.05, 3.63) is 191 Å². The molecule has 4 N–H and O–H groups in total. The maximum Gasteiger partial charge on any atom is 0.329 e. The summed E-state index contributed by atoms with van der Waals surface area (Å²) in [6.45, 7) is 4.08. The number of carbonyl (C=O) groups excluding carboxylic acids is 4. The van der Waals surface area contributed by atoms with Gasteiger partial charge in [-0.15, -0.1) is 0 Å². The number of hydrogen-bond donors (Lipinski definition) is 4. The second-order valence-corrected chi connectivity index (χ2v) is 18.3. The van der Waals surface area contributed by atoms with Crippen LogP contribution in [-0.2, 0) is 29.3 Å². The quantitative estimate of drug-likeness (QED) is 0.0712. The average molecular weight is 966 g/mol. The topological polar surface area (TPSA) is 170 Å². The second kappa shape index (κ2) is 20.9. The van der Waals surface area contributed by atoms with E-state index in [0.29, 0.717) is 60.0 Å². The van der Waals surface area contributed by atoms with Gasteiger partial charge >= 0.3 is 12.0 Å². The summed E-state index contributed by atoms with van der Waals surface area (Å²) < 4.78 is 18.1. The highest BCUT2D eigenvalue weighted by Crippen LogP contribution is 2.66. The maximum atomic E-state index is 16.7. The number of rotatable bonds is 12. The Balaban J connectivity index is 1.22. The maximum absolute atomic E-state index is 16.7. The van der Waals surface area contributed by atoms with Crippen molar-refractivity contribution in [1.82, 2.24) is 10.2 Å². The number of fused-ring (bicyclic) bond motifs is 3. The van der Waals surface area contributed by atoms with Gasteiger partial charge in [-0.1, -0.05) is 115 Å². The molecule has 6 aromatic carbocycles. The van der Waals surface area contributed by atoms with Gasteiger partial charge in [0.25, 0.3) is 0 Å². The zero-order valence-electron chi connectivity index (χ0n) is 39.7. The van der Waals surface area contributed by atoms with Crippen molar-refractivity contribution in [2.45, 2.75) is 49.0 Å². The molecule has 1 spiro atoms. The average Bonchev–Trinajstić information content (AvgIpc) is 3.88. The summed E-state index contributed by atoms with van der Waals surface area (Å²) in [4.78, 5) is 68.7. The largest absolute Gasteiger partial charge is 0.491 e. The lowest BCUT2D eigenvalue weighted by Gasteiger charge is -2.46. The van der Waals surface area contributed by atoms with Crippen LogP contribution in [0.5, 0.6) is 5.75 Å². The first kappa shape index (κ1) is 47.9. The van der Waals surface area contributed by atoms with E-state index in [0.717, 1.165) is 21.7 Å². The monoisotopic (exact) mass is 965 g/mol. The van der Waals surface area contributed by atoms with Crippen LogP contribution in [0.1, 0.15) is 71.0 Å². The van der Waals surface area contributed by atoms with E-state index in [2.05, 4.69) is 27.4 Å². The van der Waals surface area contributed by atoms with Crippen LogP contribution in [0.2, 0.25) is 0 Å². The third-order valence-corrected chi connectivity index (χ3v) is 14.1. The van der Waals surface area contributed by atoms with Crippen LogP contribution in [0.15, 0.2) is 158 Å². The van der Waals surface area contributed by atoms with Gasteiger partial charge in [0, 0.05) is 36.4 Å². The SMILES string of the molecule is C[C@@H](NC(=O)N1C(=O)[C@@]2(c3cc(C#CCCO)ccc31)[C@H](c1ccc(OCCO)cc1)N1[C@H](c3ccccc3)[C@H](c3ccccc3)OC(=O)[C@H]1[C@@H]2C(=O)Nc1ccc(N2CCOCC2)cc1)c1ccccc1. The summed E-state index contributed by atoms with van der Waals surface area (Å²) >= 11 is 0. The zero-order valence-corrected chi connectivity index (χ0v) is 39.7. The summed E-state index contributed by atoms with van der Waals surface area (Å²) in [7, 11) is 0. The molecule has 0 unspecified atom stereocenters. The zero-order chi connectivity index (χ0) is 49.8. The minimum Gasteiger partial charge on any atom is -0.491 e. The van der Waals surface area contributed by atoms with E-state index < -0.39 is 65.4 Å². The first-order valence-electron chi connectivity index (χ1n) is 24.3. The predicted octanol–water partition coefficient (Wildman–Crippen LogP) is 7.40. The lowest BCUT2D eigenvalue weighted by atomic mass is 9.65. The van der Waals surface area contributed by atoms with Crippen molar-refractivity contribution in [3.63, 3.8) is 0 Å². The first-order chi connectivity index (χ1) is 35.2. The summed E-state index contributed by atoms with van der Waals surface area (Å²) in [5.41, 5.74) is 3.13. The predicted molar refractivity (Wildman–Crippen MR) is 271 cm³/mol. The fourth-order valence-electron chi connectivity index (χ4n) is 11.0. The molecule has 10 rings (SSSR count). The highest BCUT2D eigenvalue weighted by atomic mass is 16.6. The number of amides is 4. The summed E-state index contributed by atoms with van der Waals surface area (Å²) in [5, 5.41) is 25.6. The molecule has 3 fully saturated rings. The van der Waals surface area contributed by atoms with Crippen molar-refractivity contribution in [2.75, 3.05) is 61.2 Å². The van der Waals surface area contributed by atoms with Crippen LogP contribution in [-0.4, -0.2) is 91.1 Å². The first-order valence-corrected chi connectivity index (χ1v) is 24.3. The minimum atomic E-state index is -2.04. The number of morpholine rings is 2. The number of nitrogens with zero attached hydrogens (tertiary/aromatic N) is 3. The van der Waals surface area contributed by atoms with Crippen molar-refractivity contribution in [1.29, 1.82) is 0 Å². The standard InChI is InChI=1S/C58H55N5O9/c1-38(40-14-5-2-6-15-40)59-57(69)62-48-29-20-39(13-11-12-32-64)37-47(48)58(56(62)68)49(54(66)60-44-23-25-45(26-24-44)61-30-34-70-35-31-61)51-55(67)72-52(42-18-9-4-10-19-42)50(41-16-7-3-8-17-41)63(51)53(58)43-21-27-46(28-22-43)71-36-33-65/h2-10,14-29,37-38,49-53,64-65H,12,30-36H2,1H3,(H,59,69)(H,60,66)/t38-,49-,50-,51-,52+,53+,58-/m1/s1. The van der Waals surface area contributed by atoms with Crippen LogP contribution >= 0.6 is 0 Å². The van der Waals surface area contributed by atoms with Gasteiger partial charge in [-0.05, 0) is 89.3 Å². The molecule has 72 heavy (non-hydrogen) atoms. The van der Waals surface area contributed by atoms with E-state index in [1.807, 2.05) is 115 Å². The number of cyclic esters (lactones) is 1. The molecule has 14 nitrogen and oxygen atoms in total. The number of hydrogen-bond acceptors (Lipinski definition) is 11.